The minimum atomic E-state index is -0.243. The molecule has 0 saturated carbocycles. The highest BCUT2D eigenvalue weighted by Gasteiger charge is 2.33. The van der Waals surface area contributed by atoms with Crippen molar-refractivity contribution in [1.29, 1.82) is 0 Å². The second kappa shape index (κ2) is 9.17. The maximum absolute atomic E-state index is 13.7. The lowest BCUT2D eigenvalue weighted by atomic mass is 10.1. The van der Waals surface area contributed by atoms with Crippen molar-refractivity contribution >= 4 is 34.3 Å². The Balaban J connectivity index is 1.64. The van der Waals surface area contributed by atoms with Gasteiger partial charge in [0.25, 0.3) is 5.56 Å². The molecule has 0 saturated heterocycles. The number of nitrogens with two attached hydrogens (primary N) is 1. The fraction of sp³-hybridized carbons (Fsp3) is 0.222. The Hall–Kier alpha value is -3.68. The molecule has 35 heavy (non-hydrogen) atoms. The summed E-state index contributed by atoms with van der Waals surface area (Å²) in [6, 6.07) is 19.1. The maximum atomic E-state index is 13.7. The highest BCUT2D eigenvalue weighted by atomic mass is 35.5. The van der Waals surface area contributed by atoms with Crippen LogP contribution in [0.3, 0.4) is 0 Å². The van der Waals surface area contributed by atoms with Crippen LogP contribution in [-0.4, -0.2) is 45.2 Å². The first-order valence-electron chi connectivity index (χ1n) is 11.6. The number of quaternary nitrogens is 1. The van der Waals surface area contributed by atoms with Gasteiger partial charge in [-0.3, -0.25) is 9.36 Å². The third-order valence-corrected chi connectivity index (χ3v) is 7.14. The number of benzene rings is 2. The molecule has 7 nitrogen and oxygen atoms in total. The number of nitrogens with zero attached hydrogens (tertiary/aromatic N) is 4. The summed E-state index contributed by atoms with van der Waals surface area (Å²) in [6.07, 6.45) is 5.24. The molecule has 8 heteroatoms. The van der Waals surface area contributed by atoms with Crippen molar-refractivity contribution in [1.82, 2.24) is 14.5 Å². The molecule has 5 rings (SSSR count). The Morgan fingerprint density at radius 3 is 2.71 bits per heavy atom. The van der Waals surface area contributed by atoms with Gasteiger partial charge in [-0.1, -0.05) is 54.1 Å². The molecule has 178 valence electrons. The largest absolute Gasteiger partial charge is 0.399 e. The average Bonchev–Trinajstić information content (AvgIpc) is 2.83. The summed E-state index contributed by atoms with van der Waals surface area (Å²) in [6.45, 7) is 0.955. The number of hydrogen-bond donors (Lipinski definition) is 2. The quantitative estimate of drug-likeness (QED) is 0.190. The van der Waals surface area contributed by atoms with Gasteiger partial charge in [0.1, 0.15) is 0 Å². The number of halogens is 1. The number of alkyl halides is 1. The molecule has 3 N–H and O–H groups in total. The van der Waals surface area contributed by atoms with Crippen LogP contribution in [0.2, 0.25) is 0 Å². The molecule has 0 bridgehead atoms. The minimum absolute atomic E-state index is 0.137. The lowest BCUT2D eigenvalue weighted by molar-refractivity contribution is -0.898. The average molecular weight is 488 g/mol. The summed E-state index contributed by atoms with van der Waals surface area (Å²) < 4.78 is 2.27. The van der Waals surface area contributed by atoms with E-state index in [1.807, 2.05) is 48.5 Å². The Labute approximate surface area is 209 Å². The van der Waals surface area contributed by atoms with E-state index in [9.17, 15) is 4.79 Å². The lowest BCUT2D eigenvalue weighted by Gasteiger charge is -2.38. The highest BCUT2D eigenvalue weighted by molar-refractivity contribution is 6.21. The number of anilines is 2. The van der Waals surface area contributed by atoms with Gasteiger partial charge >= 0.3 is 0 Å². The number of nitrogen functional groups attached to an aromatic ring is 1. The van der Waals surface area contributed by atoms with Gasteiger partial charge in [-0.2, -0.15) is 4.98 Å². The van der Waals surface area contributed by atoms with Crippen LogP contribution in [0.5, 0.6) is 0 Å². The molecular formula is C27H28ClN6O+. The van der Waals surface area contributed by atoms with Crippen LogP contribution in [0, 0.1) is 0 Å². The Morgan fingerprint density at radius 1 is 1.14 bits per heavy atom. The standard InChI is InChI=1S/C27H27ClN6O/c1-34(2)13-7-12-23(24(34)28)31-27-30-17-20-15-19(14-18-8-4-3-5-9-18)26(35)33(25(20)32-27)22-11-6-10-21(29)16-22/h3-6,8-12,15-17,24H,7,13-14,29H2,1-2H3/p+1. The number of aromatic nitrogens is 3. The van der Waals surface area contributed by atoms with E-state index in [0.29, 0.717) is 39.4 Å². The minimum Gasteiger partial charge on any atom is -0.399 e. The molecule has 0 radical (unpaired) electrons. The number of nitrogens with one attached hydrogen (secondary N) is 1. The zero-order valence-corrected chi connectivity index (χ0v) is 20.5. The van der Waals surface area contributed by atoms with Crippen LogP contribution in [0.15, 0.2) is 83.4 Å². The van der Waals surface area contributed by atoms with E-state index in [4.69, 9.17) is 22.3 Å². The summed E-state index contributed by atoms with van der Waals surface area (Å²) in [4.78, 5) is 23.0. The first kappa shape index (κ1) is 23.1. The van der Waals surface area contributed by atoms with Crippen molar-refractivity contribution in [2.45, 2.75) is 18.3 Å². The summed E-state index contributed by atoms with van der Waals surface area (Å²) >= 11 is 6.73. The molecule has 0 spiro atoms. The third-order valence-electron chi connectivity index (χ3n) is 6.38. The fourth-order valence-corrected chi connectivity index (χ4v) is 4.68. The van der Waals surface area contributed by atoms with E-state index in [1.54, 1.807) is 22.9 Å². The zero-order valence-electron chi connectivity index (χ0n) is 19.8. The van der Waals surface area contributed by atoms with E-state index in [1.165, 1.54) is 0 Å². The molecule has 0 aliphatic carbocycles. The van der Waals surface area contributed by atoms with E-state index in [2.05, 4.69) is 30.5 Å². The first-order valence-corrected chi connectivity index (χ1v) is 12.0. The molecule has 4 aromatic rings. The van der Waals surface area contributed by atoms with E-state index < -0.39 is 0 Å². The summed E-state index contributed by atoms with van der Waals surface area (Å²) in [5.41, 5.74) is 9.99. The summed E-state index contributed by atoms with van der Waals surface area (Å²) in [5.74, 6) is 0.393. The predicted octanol–water partition coefficient (Wildman–Crippen LogP) is 4.29. The van der Waals surface area contributed by atoms with Crippen LogP contribution < -0.4 is 16.6 Å². The van der Waals surface area contributed by atoms with Crippen LogP contribution in [-0.2, 0) is 6.42 Å². The van der Waals surface area contributed by atoms with E-state index >= 15 is 0 Å². The monoisotopic (exact) mass is 487 g/mol. The topological polar surface area (TPSA) is 85.8 Å². The summed E-state index contributed by atoms with van der Waals surface area (Å²) in [7, 11) is 4.19. The van der Waals surface area contributed by atoms with Crippen LogP contribution in [0.25, 0.3) is 16.7 Å². The molecule has 0 fully saturated rings. The SMILES string of the molecule is C[N+]1(C)CCC=C(Nc2ncc3cc(Cc4ccccc4)c(=O)n(-c4cccc(N)c4)c3n2)C1Cl. The fourth-order valence-electron chi connectivity index (χ4n) is 4.44. The Bertz CT molecular complexity index is 1480. The lowest BCUT2D eigenvalue weighted by Crippen LogP contribution is -2.50. The van der Waals surface area contributed by atoms with Crippen LogP contribution in [0.4, 0.5) is 11.6 Å². The highest BCUT2D eigenvalue weighted by Crippen LogP contribution is 2.27. The molecule has 2 aromatic heterocycles. The maximum Gasteiger partial charge on any atom is 0.260 e. The summed E-state index contributed by atoms with van der Waals surface area (Å²) in [5, 5.41) is 4.06. The van der Waals surface area contributed by atoms with Crippen molar-refractivity contribution in [3.63, 3.8) is 0 Å². The number of hydrogen-bond acceptors (Lipinski definition) is 5. The van der Waals surface area contributed by atoms with Crippen molar-refractivity contribution < 1.29 is 4.48 Å². The van der Waals surface area contributed by atoms with Crippen molar-refractivity contribution in [2.24, 2.45) is 0 Å². The van der Waals surface area contributed by atoms with Gasteiger partial charge < -0.3 is 15.5 Å². The van der Waals surface area contributed by atoms with Gasteiger partial charge in [0.15, 0.2) is 5.65 Å². The Morgan fingerprint density at radius 2 is 1.94 bits per heavy atom. The van der Waals surface area contributed by atoms with Crippen molar-refractivity contribution in [3.8, 4) is 5.69 Å². The van der Waals surface area contributed by atoms with Crippen molar-refractivity contribution in [2.75, 3.05) is 31.7 Å². The van der Waals surface area contributed by atoms with Gasteiger partial charge in [-0.15, -0.1) is 0 Å². The molecule has 1 aliphatic heterocycles. The Kier molecular flexibility index (Phi) is 6.05. The number of likely N-dealkylation sites (N-methyl/N-ethyl adjacent to an activating group) is 1. The van der Waals surface area contributed by atoms with Gasteiger partial charge in [0, 0.05) is 35.7 Å². The molecular weight excluding hydrogens is 460 g/mol. The van der Waals surface area contributed by atoms with Crippen molar-refractivity contribution in [3.05, 3.63) is 100 Å². The van der Waals surface area contributed by atoms with Gasteiger partial charge in [0.05, 0.1) is 32.0 Å². The third kappa shape index (κ3) is 4.65. The second-order valence-electron chi connectivity index (χ2n) is 9.45. The van der Waals surface area contributed by atoms with Gasteiger partial charge in [-0.05, 0) is 29.8 Å². The van der Waals surface area contributed by atoms with Crippen LogP contribution >= 0.6 is 11.6 Å². The van der Waals surface area contributed by atoms with E-state index in [0.717, 1.165) is 29.6 Å². The number of rotatable bonds is 5. The molecule has 1 unspecified atom stereocenters. The molecule has 0 amide bonds. The molecule has 2 aromatic carbocycles. The molecule has 1 atom stereocenters. The zero-order chi connectivity index (χ0) is 24.6. The smallest absolute Gasteiger partial charge is 0.260 e. The predicted molar refractivity (Wildman–Crippen MR) is 142 cm³/mol. The van der Waals surface area contributed by atoms with Gasteiger partial charge in [0.2, 0.25) is 11.4 Å². The van der Waals surface area contributed by atoms with Crippen LogP contribution in [0.1, 0.15) is 17.5 Å². The first-order chi connectivity index (χ1) is 16.8. The molecule has 3 heterocycles. The molecule has 1 aliphatic rings. The number of pyridine rings is 1. The second-order valence-corrected chi connectivity index (χ2v) is 9.86. The van der Waals surface area contributed by atoms with E-state index in [-0.39, 0.29) is 11.1 Å². The van der Waals surface area contributed by atoms with Gasteiger partial charge in [-0.25, -0.2) is 4.98 Å². The number of fused-ring (bicyclic) bond motifs is 1. The normalized spacial score (nSPS) is 17.2.